The van der Waals surface area contributed by atoms with E-state index in [9.17, 15) is 4.39 Å². The second-order valence-corrected chi connectivity index (χ2v) is 10.7. The maximum absolute atomic E-state index is 14.3. The van der Waals surface area contributed by atoms with Crippen molar-refractivity contribution in [3.63, 3.8) is 0 Å². The van der Waals surface area contributed by atoms with Crippen molar-refractivity contribution >= 4 is 22.1 Å². The Morgan fingerprint density at radius 1 is 1.00 bits per heavy atom. The first-order valence-electron chi connectivity index (χ1n) is 14.0. The van der Waals surface area contributed by atoms with Crippen LogP contribution in [-0.4, -0.2) is 43.8 Å². The number of pyridine rings is 2. The molecule has 2 aromatic carbocycles. The molecule has 1 aliphatic rings. The van der Waals surface area contributed by atoms with Gasteiger partial charge in [-0.25, -0.2) is 14.4 Å². The Hall–Kier alpha value is -4.63. The molecule has 206 valence electrons. The first kappa shape index (κ1) is 25.3. The lowest BCUT2D eigenvalue weighted by molar-refractivity contribution is 0.411. The van der Waals surface area contributed by atoms with Gasteiger partial charge >= 0.3 is 0 Å². The Kier molecular flexibility index (Phi) is 6.64. The molecule has 0 bridgehead atoms. The van der Waals surface area contributed by atoms with Gasteiger partial charge in [0.05, 0.1) is 18.1 Å². The van der Waals surface area contributed by atoms with E-state index < -0.39 is 0 Å². The normalized spacial score (nSPS) is 13.9. The number of methoxy groups -OCH3 is 1. The lowest BCUT2D eigenvalue weighted by atomic mass is 10.0. The topological polar surface area (TPSA) is 104 Å². The van der Waals surface area contributed by atoms with Gasteiger partial charge in [0.1, 0.15) is 17.3 Å². The highest BCUT2D eigenvalue weighted by atomic mass is 19.1. The van der Waals surface area contributed by atoms with Crippen LogP contribution in [0.1, 0.15) is 31.2 Å². The standard InChI is InChI=1S/C32H30FN7O/c1-41-25-12-22(11-24(33)14-25)26-8-9-36-31-29(26)37-32(38-31)30-27-13-21(6-7-28(27)39-40-30)23-10-20(17-35-18-23)16-34-15-19-4-2-3-5-19/h6-14,17-19,34H,2-5,15-16H2,1H3,(H,39,40)(H,36,37,38). The summed E-state index contributed by atoms with van der Waals surface area (Å²) in [4.78, 5) is 17.1. The molecule has 3 N–H and O–H groups in total. The molecule has 1 fully saturated rings. The number of hydrogen-bond donors (Lipinski definition) is 3. The number of ether oxygens (including phenoxy) is 1. The van der Waals surface area contributed by atoms with Crippen LogP contribution >= 0.6 is 0 Å². The van der Waals surface area contributed by atoms with E-state index in [2.05, 4.69) is 48.7 Å². The van der Waals surface area contributed by atoms with E-state index in [1.165, 1.54) is 44.9 Å². The van der Waals surface area contributed by atoms with Crippen molar-refractivity contribution in [2.75, 3.05) is 13.7 Å². The van der Waals surface area contributed by atoms with E-state index in [1.54, 1.807) is 12.3 Å². The number of aromatic amines is 2. The molecule has 0 spiro atoms. The predicted molar refractivity (Wildman–Crippen MR) is 158 cm³/mol. The van der Waals surface area contributed by atoms with Crippen LogP contribution in [0.2, 0.25) is 0 Å². The van der Waals surface area contributed by atoms with E-state index in [1.807, 2.05) is 24.5 Å². The number of fused-ring (bicyclic) bond motifs is 2. The highest BCUT2D eigenvalue weighted by molar-refractivity contribution is 5.97. The Balaban J connectivity index is 1.21. The maximum Gasteiger partial charge on any atom is 0.178 e. The Morgan fingerprint density at radius 3 is 2.78 bits per heavy atom. The number of imidazole rings is 1. The molecule has 0 unspecified atom stereocenters. The van der Waals surface area contributed by atoms with Crippen LogP contribution < -0.4 is 10.1 Å². The van der Waals surface area contributed by atoms with E-state index >= 15 is 0 Å². The molecule has 6 aromatic rings. The molecular weight excluding hydrogens is 517 g/mol. The molecule has 4 aromatic heterocycles. The van der Waals surface area contributed by atoms with E-state index in [0.29, 0.717) is 34.0 Å². The zero-order valence-corrected chi connectivity index (χ0v) is 22.7. The van der Waals surface area contributed by atoms with Crippen LogP contribution in [0, 0.1) is 11.7 Å². The third-order valence-electron chi connectivity index (χ3n) is 7.96. The summed E-state index contributed by atoms with van der Waals surface area (Å²) in [6.07, 6.45) is 10.9. The summed E-state index contributed by atoms with van der Waals surface area (Å²) in [5.74, 6) is 1.45. The summed E-state index contributed by atoms with van der Waals surface area (Å²) in [6.45, 7) is 1.87. The molecule has 0 atom stereocenters. The van der Waals surface area contributed by atoms with Gasteiger partial charge in [-0.3, -0.25) is 10.1 Å². The SMILES string of the molecule is COc1cc(F)cc(-c2ccnc3nc(-c4n[nH]c5ccc(-c6cncc(CNCC7CCCC7)c6)cc45)[nH]c23)c1. The minimum Gasteiger partial charge on any atom is -0.497 e. The van der Waals surface area contributed by atoms with Gasteiger partial charge in [-0.1, -0.05) is 18.9 Å². The van der Waals surface area contributed by atoms with Gasteiger partial charge in [-0.05, 0) is 78.4 Å². The van der Waals surface area contributed by atoms with Gasteiger partial charge in [0.15, 0.2) is 11.5 Å². The van der Waals surface area contributed by atoms with Crippen molar-refractivity contribution in [2.24, 2.45) is 5.92 Å². The summed E-state index contributed by atoms with van der Waals surface area (Å²) in [6, 6.07) is 14.9. The van der Waals surface area contributed by atoms with Gasteiger partial charge in [-0.2, -0.15) is 5.10 Å². The molecule has 41 heavy (non-hydrogen) atoms. The fraction of sp³-hybridized carbons (Fsp3) is 0.250. The van der Waals surface area contributed by atoms with E-state index in [4.69, 9.17) is 9.72 Å². The van der Waals surface area contributed by atoms with Crippen LogP contribution in [0.3, 0.4) is 0 Å². The number of nitrogens with zero attached hydrogens (tertiary/aromatic N) is 4. The van der Waals surface area contributed by atoms with Gasteiger partial charge in [-0.15, -0.1) is 0 Å². The highest BCUT2D eigenvalue weighted by Crippen LogP contribution is 2.34. The molecule has 1 saturated carbocycles. The van der Waals surface area contributed by atoms with Gasteiger partial charge in [0.2, 0.25) is 0 Å². The van der Waals surface area contributed by atoms with Gasteiger partial charge < -0.3 is 15.0 Å². The van der Waals surface area contributed by atoms with Crippen molar-refractivity contribution in [3.05, 3.63) is 78.5 Å². The molecule has 8 nitrogen and oxygen atoms in total. The van der Waals surface area contributed by atoms with Crippen LogP contribution in [0.4, 0.5) is 4.39 Å². The summed E-state index contributed by atoms with van der Waals surface area (Å²) < 4.78 is 19.6. The van der Waals surface area contributed by atoms with E-state index in [0.717, 1.165) is 52.2 Å². The highest BCUT2D eigenvalue weighted by Gasteiger charge is 2.18. The van der Waals surface area contributed by atoms with Gasteiger partial charge in [0, 0.05) is 47.7 Å². The first-order valence-corrected chi connectivity index (χ1v) is 14.0. The number of rotatable bonds is 8. The number of aromatic nitrogens is 6. The molecule has 0 aliphatic heterocycles. The Labute approximate surface area is 236 Å². The molecular formula is C32H30FN7O. The minimum atomic E-state index is -0.377. The van der Waals surface area contributed by atoms with Crippen molar-refractivity contribution in [1.29, 1.82) is 0 Å². The molecule has 7 rings (SSSR count). The zero-order chi connectivity index (χ0) is 27.8. The van der Waals surface area contributed by atoms with Crippen LogP contribution in [0.5, 0.6) is 5.75 Å². The van der Waals surface area contributed by atoms with Crippen LogP contribution in [0.15, 0.2) is 67.1 Å². The van der Waals surface area contributed by atoms with Crippen LogP contribution in [0.25, 0.3) is 55.8 Å². The lowest BCUT2D eigenvalue weighted by Crippen LogP contribution is -2.20. The fourth-order valence-electron chi connectivity index (χ4n) is 5.85. The maximum atomic E-state index is 14.3. The van der Waals surface area contributed by atoms with Crippen molar-refractivity contribution < 1.29 is 9.13 Å². The molecule has 0 saturated heterocycles. The minimum absolute atomic E-state index is 0.377. The second-order valence-electron chi connectivity index (χ2n) is 10.7. The fourth-order valence-corrected chi connectivity index (χ4v) is 5.85. The number of halogens is 1. The third kappa shape index (κ3) is 5.04. The first-order chi connectivity index (χ1) is 20.1. The average molecular weight is 548 g/mol. The Bertz CT molecular complexity index is 1850. The summed E-state index contributed by atoms with van der Waals surface area (Å²) in [7, 11) is 1.52. The summed E-state index contributed by atoms with van der Waals surface area (Å²) in [5, 5.41) is 12.3. The molecule has 0 amide bonds. The van der Waals surface area contributed by atoms with Gasteiger partial charge in [0.25, 0.3) is 0 Å². The number of hydrogen-bond acceptors (Lipinski definition) is 6. The molecule has 4 heterocycles. The van der Waals surface area contributed by atoms with Crippen molar-refractivity contribution in [2.45, 2.75) is 32.2 Å². The average Bonchev–Trinajstić information content (AvgIpc) is 3.76. The molecule has 0 radical (unpaired) electrons. The number of H-pyrrole nitrogens is 2. The smallest absolute Gasteiger partial charge is 0.178 e. The Morgan fingerprint density at radius 2 is 1.90 bits per heavy atom. The lowest BCUT2D eigenvalue weighted by Gasteiger charge is -2.11. The molecule has 9 heteroatoms. The number of nitrogens with one attached hydrogen (secondary N) is 3. The zero-order valence-electron chi connectivity index (χ0n) is 22.7. The van der Waals surface area contributed by atoms with Crippen molar-refractivity contribution in [3.8, 4) is 39.5 Å². The monoisotopic (exact) mass is 547 g/mol. The number of benzene rings is 2. The predicted octanol–water partition coefficient (Wildman–Crippen LogP) is 6.66. The second kappa shape index (κ2) is 10.7. The quantitative estimate of drug-likeness (QED) is 0.197. The molecule has 1 aliphatic carbocycles. The van der Waals surface area contributed by atoms with Crippen molar-refractivity contribution in [1.82, 2.24) is 35.5 Å². The van der Waals surface area contributed by atoms with Crippen LogP contribution in [-0.2, 0) is 6.54 Å². The summed E-state index contributed by atoms with van der Waals surface area (Å²) in [5.41, 5.74) is 7.51. The summed E-state index contributed by atoms with van der Waals surface area (Å²) >= 11 is 0. The third-order valence-corrected chi connectivity index (χ3v) is 7.96. The largest absolute Gasteiger partial charge is 0.497 e. The van der Waals surface area contributed by atoms with E-state index in [-0.39, 0.29) is 5.82 Å².